The van der Waals surface area contributed by atoms with Crippen LogP contribution in [0, 0.1) is 11.3 Å². The first kappa shape index (κ1) is 21.0. The van der Waals surface area contributed by atoms with Gasteiger partial charge < -0.3 is 5.32 Å². The van der Waals surface area contributed by atoms with Gasteiger partial charge in [0, 0.05) is 25.0 Å². The molecular formula is C20H24ClN5O3S. The Morgan fingerprint density at radius 2 is 2.10 bits per heavy atom. The number of amides is 1. The molecule has 30 heavy (non-hydrogen) atoms. The van der Waals surface area contributed by atoms with E-state index in [0.717, 1.165) is 6.42 Å². The number of hydrogen-bond donors (Lipinski definition) is 2. The first-order valence-corrected chi connectivity index (χ1v) is 11.9. The van der Waals surface area contributed by atoms with Crippen LogP contribution in [0.4, 0.5) is 0 Å². The molecule has 1 aliphatic heterocycles. The Labute approximate surface area is 180 Å². The van der Waals surface area contributed by atoms with Crippen molar-refractivity contribution >= 4 is 33.6 Å². The zero-order chi connectivity index (χ0) is 21.2. The van der Waals surface area contributed by atoms with Crippen molar-refractivity contribution in [2.24, 2.45) is 11.3 Å². The number of hydrogen-bond acceptors (Lipinski definition) is 5. The second kappa shape index (κ2) is 8.49. The zero-order valence-corrected chi connectivity index (χ0v) is 18.0. The normalized spacial score (nSPS) is 19.0. The quantitative estimate of drug-likeness (QED) is 0.610. The molecule has 1 aliphatic carbocycles. The highest BCUT2D eigenvalue weighted by Crippen LogP contribution is 2.45. The van der Waals surface area contributed by atoms with Gasteiger partial charge in [0.25, 0.3) is 5.91 Å². The Balaban J connectivity index is 1.36. The van der Waals surface area contributed by atoms with Gasteiger partial charge in [0.2, 0.25) is 10.0 Å². The molecule has 0 atom stereocenters. The minimum atomic E-state index is -3.41. The summed E-state index contributed by atoms with van der Waals surface area (Å²) in [6.45, 7) is 1.28. The molecule has 1 aromatic heterocycles. The van der Waals surface area contributed by atoms with Crippen LogP contribution in [0.1, 0.15) is 35.3 Å². The fraction of sp³-hybridized carbons (Fsp3) is 0.450. The molecule has 160 valence electrons. The van der Waals surface area contributed by atoms with E-state index in [1.54, 1.807) is 36.4 Å². The van der Waals surface area contributed by atoms with E-state index in [1.807, 2.05) is 0 Å². The Morgan fingerprint density at radius 1 is 1.33 bits per heavy atom. The topological polar surface area (TPSA) is 108 Å². The fourth-order valence-electron chi connectivity index (χ4n) is 3.84. The smallest absolute Gasteiger partial charge is 0.252 e. The molecule has 0 spiro atoms. The van der Waals surface area contributed by atoms with E-state index in [2.05, 4.69) is 20.7 Å². The fourth-order valence-corrected chi connectivity index (χ4v) is 5.55. The molecule has 4 rings (SSSR count). The predicted octanol–water partition coefficient (Wildman–Crippen LogP) is 2.33. The Bertz CT molecular complexity index is 1030. The highest BCUT2D eigenvalue weighted by atomic mass is 35.5. The van der Waals surface area contributed by atoms with Crippen molar-refractivity contribution in [2.45, 2.75) is 19.3 Å². The number of aromatic nitrogens is 3. The molecule has 1 aromatic carbocycles. The number of nitrogens with one attached hydrogen (secondary N) is 2. The van der Waals surface area contributed by atoms with Crippen LogP contribution in [0.3, 0.4) is 0 Å². The molecule has 2 fully saturated rings. The average molecular weight is 450 g/mol. The highest BCUT2D eigenvalue weighted by molar-refractivity contribution is 7.89. The second-order valence-corrected chi connectivity index (χ2v) is 10.6. The van der Waals surface area contributed by atoms with Gasteiger partial charge in [0.15, 0.2) is 0 Å². The van der Waals surface area contributed by atoms with Gasteiger partial charge in [-0.25, -0.2) is 12.7 Å². The molecule has 2 aliphatic rings. The minimum Gasteiger partial charge on any atom is -0.351 e. The maximum atomic E-state index is 12.7. The summed E-state index contributed by atoms with van der Waals surface area (Å²) >= 11 is 6.11. The van der Waals surface area contributed by atoms with E-state index >= 15 is 0 Å². The number of H-pyrrole nitrogens is 1. The first-order chi connectivity index (χ1) is 14.4. The molecular weight excluding hydrogens is 426 g/mol. The van der Waals surface area contributed by atoms with Gasteiger partial charge in [0.05, 0.1) is 22.5 Å². The van der Waals surface area contributed by atoms with Crippen molar-refractivity contribution in [3.05, 3.63) is 52.8 Å². The van der Waals surface area contributed by atoms with Crippen molar-refractivity contribution in [1.82, 2.24) is 25.0 Å². The van der Waals surface area contributed by atoms with Gasteiger partial charge in [-0.1, -0.05) is 42.7 Å². The van der Waals surface area contributed by atoms with Crippen LogP contribution in [0.15, 0.2) is 36.5 Å². The molecule has 0 bridgehead atoms. The molecule has 2 N–H and O–H groups in total. The number of carbonyl (C=O) groups excluding carboxylic acids is 1. The number of carbonyl (C=O) groups is 1. The van der Waals surface area contributed by atoms with Crippen LogP contribution < -0.4 is 5.32 Å². The Kier molecular flexibility index (Phi) is 5.95. The first-order valence-electron chi connectivity index (χ1n) is 9.90. The zero-order valence-electron chi connectivity index (χ0n) is 16.4. The largest absolute Gasteiger partial charge is 0.351 e. The average Bonchev–Trinajstić information content (AvgIpc) is 3.35. The molecule has 1 saturated carbocycles. The van der Waals surface area contributed by atoms with E-state index < -0.39 is 10.0 Å². The summed E-state index contributed by atoms with van der Waals surface area (Å²) in [6.07, 6.45) is 8.00. The van der Waals surface area contributed by atoms with Crippen molar-refractivity contribution in [3.8, 4) is 0 Å². The van der Waals surface area contributed by atoms with E-state index in [4.69, 9.17) is 11.6 Å². The SMILES string of the molecule is O=C(NCC1(CC2CC2)CN(S(=O)(=O)CC=Cc2cn[nH]n2)C1)c1ccccc1Cl. The number of aromatic amines is 1. The molecule has 2 aromatic rings. The van der Waals surface area contributed by atoms with Crippen molar-refractivity contribution in [2.75, 3.05) is 25.4 Å². The summed E-state index contributed by atoms with van der Waals surface area (Å²) in [4.78, 5) is 12.5. The lowest BCUT2D eigenvalue weighted by Gasteiger charge is -2.49. The van der Waals surface area contributed by atoms with Crippen LogP contribution in [-0.4, -0.2) is 59.4 Å². The molecule has 8 nitrogen and oxygen atoms in total. The van der Waals surface area contributed by atoms with E-state index in [9.17, 15) is 13.2 Å². The second-order valence-electron chi connectivity index (χ2n) is 8.15. The third-order valence-corrected chi connectivity index (χ3v) is 7.60. The summed E-state index contributed by atoms with van der Waals surface area (Å²) in [5, 5.41) is 13.4. The standard InChI is InChI=1S/C20H24ClN5O3S/c21-18-6-2-1-5-17(18)19(27)22-12-20(10-15-7-8-15)13-26(14-20)30(28,29)9-3-4-16-11-23-25-24-16/h1-6,11,15H,7-10,12-14H2,(H,22,27)(H,23,24,25). The maximum Gasteiger partial charge on any atom is 0.252 e. The Morgan fingerprint density at radius 3 is 2.77 bits per heavy atom. The number of benzene rings is 1. The van der Waals surface area contributed by atoms with Crippen molar-refractivity contribution in [1.29, 1.82) is 0 Å². The van der Waals surface area contributed by atoms with Gasteiger partial charge >= 0.3 is 0 Å². The van der Waals surface area contributed by atoms with E-state index in [0.29, 0.717) is 41.8 Å². The lowest BCUT2D eigenvalue weighted by atomic mass is 9.76. The summed E-state index contributed by atoms with van der Waals surface area (Å²) in [7, 11) is -3.41. The van der Waals surface area contributed by atoms with Crippen molar-refractivity contribution in [3.63, 3.8) is 0 Å². The molecule has 0 unspecified atom stereocenters. The molecule has 10 heteroatoms. The molecule has 0 radical (unpaired) electrons. The Hall–Kier alpha value is -2.23. The number of halogens is 1. The summed E-state index contributed by atoms with van der Waals surface area (Å²) in [5.74, 6) is 0.303. The lowest BCUT2D eigenvalue weighted by molar-refractivity contribution is 0.0509. The molecule has 2 heterocycles. The van der Waals surface area contributed by atoms with E-state index in [1.165, 1.54) is 23.3 Å². The van der Waals surface area contributed by atoms with Gasteiger partial charge in [-0.3, -0.25) is 4.79 Å². The summed E-state index contributed by atoms with van der Waals surface area (Å²) in [5.41, 5.74) is 0.794. The van der Waals surface area contributed by atoms with Gasteiger partial charge in [-0.15, -0.1) is 0 Å². The van der Waals surface area contributed by atoms with Gasteiger partial charge in [-0.2, -0.15) is 15.4 Å². The summed E-state index contributed by atoms with van der Waals surface area (Å²) in [6, 6.07) is 6.91. The predicted molar refractivity (Wildman–Crippen MR) is 114 cm³/mol. The molecule has 1 amide bonds. The third kappa shape index (κ3) is 4.91. The van der Waals surface area contributed by atoms with Crippen molar-refractivity contribution < 1.29 is 13.2 Å². The molecule has 1 saturated heterocycles. The van der Waals surface area contributed by atoms with Crippen LogP contribution in [0.5, 0.6) is 0 Å². The van der Waals surface area contributed by atoms with E-state index in [-0.39, 0.29) is 17.1 Å². The third-order valence-electron chi connectivity index (χ3n) is 5.61. The van der Waals surface area contributed by atoms with Crippen LogP contribution >= 0.6 is 11.6 Å². The maximum absolute atomic E-state index is 12.7. The van der Waals surface area contributed by atoms with Crippen LogP contribution in [-0.2, 0) is 10.0 Å². The number of rotatable bonds is 9. The van der Waals surface area contributed by atoms with Crippen LogP contribution in [0.2, 0.25) is 5.02 Å². The highest BCUT2D eigenvalue weighted by Gasteiger charge is 2.50. The van der Waals surface area contributed by atoms with Gasteiger partial charge in [-0.05, 0) is 30.5 Å². The number of nitrogens with zero attached hydrogens (tertiary/aromatic N) is 3. The lowest BCUT2D eigenvalue weighted by Crippen LogP contribution is -2.62. The minimum absolute atomic E-state index is 0.0919. The monoisotopic (exact) mass is 449 g/mol. The summed E-state index contributed by atoms with van der Waals surface area (Å²) < 4.78 is 26.8. The number of sulfonamides is 1. The van der Waals surface area contributed by atoms with Gasteiger partial charge in [0.1, 0.15) is 5.69 Å². The van der Waals surface area contributed by atoms with Crippen LogP contribution in [0.25, 0.3) is 6.08 Å².